The van der Waals surface area contributed by atoms with E-state index in [-0.39, 0.29) is 5.91 Å². The molecule has 0 spiro atoms. The van der Waals surface area contributed by atoms with Gasteiger partial charge in [-0.15, -0.1) is 0 Å². The first-order valence-electron chi connectivity index (χ1n) is 5.97. The van der Waals surface area contributed by atoms with Gasteiger partial charge in [-0.05, 0) is 24.1 Å². The Hall–Kier alpha value is -2.43. The van der Waals surface area contributed by atoms with E-state index in [4.69, 9.17) is 4.74 Å². The molecule has 0 aliphatic heterocycles. The van der Waals surface area contributed by atoms with E-state index in [0.29, 0.717) is 24.4 Å². The van der Waals surface area contributed by atoms with Gasteiger partial charge >= 0.3 is 0 Å². The van der Waals surface area contributed by atoms with Gasteiger partial charge in [0.2, 0.25) is 11.8 Å². The van der Waals surface area contributed by atoms with Crippen LogP contribution in [0.3, 0.4) is 0 Å². The molecule has 0 aliphatic carbocycles. The van der Waals surface area contributed by atoms with Crippen molar-refractivity contribution in [1.82, 2.24) is 9.97 Å². The third kappa shape index (κ3) is 4.06. The highest BCUT2D eigenvalue weighted by molar-refractivity contribution is 5.90. The fraction of sp³-hybridized carbons (Fsp3) is 0.214. The van der Waals surface area contributed by atoms with Crippen LogP contribution in [0.2, 0.25) is 0 Å². The quantitative estimate of drug-likeness (QED) is 0.890. The van der Waals surface area contributed by atoms with Crippen LogP contribution in [-0.2, 0) is 11.2 Å². The largest absolute Gasteiger partial charge is 0.481 e. The van der Waals surface area contributed by atoms with Crippen LogP contribution in [0.5, 0.6) is 5.88 Å². The van der Waals surface area contributed by atoms with Crippen molar-refractivity contribution in [3.05, 3.63) is 48.4 Å². The van der Waals surface area contributed by atoms with Gasteiger partial charge in [-0.1, -0.05) is 6.07 Å². The zero-order chi connectivity index (χ0) is 13.5. The van der Waals surface area contributed by atoms with Crippen LogP contribution in [0.1, 0.15) is 12.0 Å². The molecule has 5 heteroatoms. The zero-order valence-electron chi connectivity index (χ0n) is 10.7. The summed E-state index contributed by atoms with van der Waals surface area (Å²) in [4.78, 5) is 19.8. The predicted octanol–water partition coefficient (Wildman–Crippen LogP) is 2.06. The van der Waals surface area contributed by atoms with Crippen molar-refractivity contribution in [2.24, 2.45) is 0 Å². The lowest BCUT2D eigenvalue weighted by atomic mass is 10.1. The monoisotopic (exact) mass is 257 g/mol. The summed E-state index contributed by atoms with van der Waals surface area (Å²) in [7, 11) is 1.55. The first kappa shape index (κ1) is 13.0. The number of amides is 1. The molecule has 0 aromatic carbocycles. The molecule has 98 valence electrons. The number of hydrogen-bond acceptors (Lipinski definition) is 4. The summed E-state index contributed by atoms with van der Waals surface area (Å²) in [6, 6.07) is 7.28. The van der Waals surface area contributed by atoms with Crippen molar-refractivity contribution in [2.45, 2.75) is 12.8 Å². The molecule has 19 heavy (non-hydrogen) atoms. The molecule has 0 saturated carbocycles. The average Bonchev–Trinajstić information content (AvgIpc) is 2.47. The van der Waals surface area contributed by atoms with E-state index in [1.165, 1.54) is 0 Å². The van der Waals surface area contributed by atoms with Crippen molar-refractivity contribution in [3.8, 4) is 5.88 Å². The fourth-order valence-corrected chi connectivity index (χ4v) is 1.60. The molecule has 1 N–H and O–H groups in total. The van der Waals surface area contributed by atoms with E-state index in [0.717, 1.165) is 5.56 Å². The first-order chi connectivity index (χ1) is 9.28. The van der Waals surface area contributed by atoms with Crippen molar-refractivity contribution < 1.29 is 9.53 Å². The summed E-state index contributed by atoms with van der Waals surface area (Å²) in [5.74, 6) is 0.476. The second-order valence-electron chi connectivity index (χ2n) is 4.00. The lowest BCUT2D eigenvalue weighted by molar-refractivity contribution is -0.116. The topological polar surface area (TPSA) is 64.1 Å². The smallest absolute Gasteiger partial charge is 0.224 e. The van der Waals surface area contributed by atoms with Crippen LogP contribution in [0.4, 0.5) is 5.69 Å². The minimum absolute atomic E-state index is 0.0455. The van der Waals surface area contributed by atoms with Crippen LogP contribution in [0.15, 0.2) is 42.9 Å². The highest BCUT2D eigenvalue weighted by Gasteiger charge is 2.04. The molecule has 2 aromatic rings. The third-order valence-electron chi connectivity index (χ3n) is 2.59. The summed E-state index contributed by atoms with van der Waals surface area (Å²) in [5, 5.41) is 2.79. The third-order valence-corrected chi connectivity index (χ3v) is 2.59. The number of nitrogens with zero attached hydrogens (tertiary/aromatic N) is 2. The van der Waals surface area contributed by atoms with Gasteiger partial charge in [-0.2, -0.15) is 0 Å². The Bertz CT molecular complexity index is 526. The number of carbonyl (C=O) groups excluding carboxylic acids is 1. The van der Waals surface area contributed by atoms with E-state index >= 15 is 0 Å². The van der Waals surface area contributed by atoms with Crippen molar-refractivity contribution in [3.63, 3.8) is 0 Å². The Labute approximate surface area is 111 Å². The minimum Gasteiger partial charge on any atom is -0.481 e. The number of methoxy groups -OCH3 is 1. The Morgan fingerprint density at radius 2 is 2.21 bits per heavy atom. The molecule has 0 radical (unpaired) electrons. The number of rotatable bonds is 5. The predicted molar refractivity (Wildman–Crippen MR) is 72.0 cm³/mol. The molecule has 0 aliphatic rings. The van der Waals surface area contributed by atoms with Gasteiger partial charge in [0.1, 0.15) is 0 Å². The van der Waals surface area contributed by atoms with Gasteiger partial charge in [0.25, 0.3) is 0 Å². The number of nitrogens with one attached hydrogen (secondary N) is 1. The number of carbonyl (C=O) groups is 1. The van der Waals surface area contributed by atoms with Crippen molar-refractivity contribution in [1.29, 1.82) is 0 Å². The minimum atomic E-state index is -0.0455. The molecule has 2 aromatic heterocycles. The molecule has 0 atom stereocenters. The number of aryl methyl sites for hydroxylation is 1. The summed E-state index contributed by atoms with van der Waals surface area (Å²) in [6.45, 7) is 0. The molecule has 2 heterocycles. The maximum Gasteiger partial charge on any atom is 0.224 e. The van der Waals surface area contributed by atoms with Gasteiger partial charge in [0.15, 0.2) is 0 Å². The second kappa shape index (κ2) is 6.49. The van der Waals surface area contributed by atoms with E-state index in [1.807, 2.05) is 12.1 Å². The van der Waals surface area contributed by atoms with Crippen LogP contribution < -0.4 is 10.1 Å². The molecule has 2 rings (SSSR count). The Morgan fingerprint density at radius 1 is 1.32 bits per heavy atom. The molecule has 0 saturated heterocycles. The van der Waals surface area contributed by atoms with Crippen LogP contribution >= 0.6 is 0 Å². The number of aromatic nitrogens is 2. The number of ether oxygens (including phenoxy) is 1. The lowest BCUT2D eigenvalue weighted by Crippen LogP contribution is -2.12. The van der Waals surface area contributed by atoms with Crippen LogP contribution in [0, 0.1) is 0 Å². The highest BCUT2D eigenvalue weighted by atomic mass is 16.5. The molecule has 0 unspecified atom stereocenters. The number of anilines is 1. The zero-order valence-corrected chi connectivity index (χ0v) is 10.7. The van der Waals surface area contributed by atoms with E-state index in [2.05, 4.69) is 15.3 Å². The Morgan fingerprint density at radius 3 is 2.84 bits per heavy atom. The lowest BCUT2D eigenvalue weighted by Gasteiger charge is -2.05. The summed E-state index contributed by atoms with van der Waals surface area (Å²) in [5.41, 5.74) is 1.71. The molecule has 5 nitrogen and oxygen atoms in total. The maximum absolute atomic E-state index is 11.7. The van der Waals surface area contributed by atoms with Gasteiger partial charge in [0, 0.05) is 24.9 Å². The Balaban J connectivity index is 1.83. The maximum atomic E-state index is 11.7. The summed E-state index contributed by atoms with van der Waals surface area (Å²) < 4.78 is 4.95. The second-order valence-corrected chi connectivity index (χ2v) is 4.00. The first-order valence-corrected chi connectivity index (χ1v) is 5.97. The van der Waals surface area contributed by atoms with Gasteiger partial charge < -0.3 is 10.1 Å². The number of pyridine rings is 2. The molecule has 0 bridgehead atoms. The van der Waals surface area contributed by atoms with Crippen LogP contribution in [0.25, 0.3) is 0 Å². The van der Waals surface area contributed by atoms with E-state index < -0.39 is 0 Å². The highest BCUT2D eigenvalue weighted by Crippen LogP contribution is 2.11. The summed E-state index contributed by atoms with van der Waals surface area (Å²) in [6.07, 6.45) is 6.14. The SMILES string of the molecule is COc1ccc(NC(=O)CCc2cccnc2)cn1. The molecular weight excluding hydrogens is 242 g/mol. The molecule has 0 fully saturated rings. The summed E-state index contributed by atoms with van der Waals surface area (Å²) >= 11 is 0. The van der Waals surface area contributed by atoms with Gasteiger partial charge in [-0.3, -0.25) is 9.78 Å². The normalized spacial score (nSPS) is 9.95. The molecular formula is C14H15N3O2. The van der Waals surface area contributed by atoms with E-state index in [9.17, 15) is 4.79 Å². The van der Waals surface area contributed by atoms with Gasteiger partial charge in [0.05, 0.1) is 19.0 Å². The van der Waals surface area contributed by atoms with Crippen molar-refractivity contribution >= 4 is 11.6 Å². The molecule has 1 amide bonds. The standard InChI is InChI=1S/C14H15N3O2/c1-19-14-7-5-12(10-16-14)17-13(18)6-4-11-3-2-8-15-9-11/h2-3,5,7-10H,4,6H2,1H3,(H,17,18). The Kier molecular flexibility index (Phi) is 4.44. The van der Waals surface area contributed by atoms with E-state index in [1.54, 1.807) is 37.8 Å². The fourth-order valence-electron chi connectivity index (χ4n) is 1.60. The van der Waals surface area contributed by atoms with Gasteiger partial charge in [-0.25, -0.2) is 4.98 Å². The van der Waals surface area contributed by atoms with Crippen LogP contribution in [-0.4, -0.2) is 23.0 Å². The average molecular weight is 257 g/mol. The number of hydrogen-bond donors (Lipinski definition) is 1. The van der Waals surface area contributed by atoms with Crippen molar-refractivity contribution in [2.75, 3.05) is 12.4 Å².